The Morgan fingerprint density at radius 3 is 2.54 bits per heavy atom. The van der Waals surface area contributed by atoms with E-state index in [9.17, 15) is 4.39 Å². The smallest absolute Gasteiger partial charge is 0.134 e. The van der Waals surface area contributed by atoms with Crippen LogP contribution in [-0.4, -0.2) is 12.3 Å². The van der Waals surface area contributed by atoms with Gasteiger partial charge in [0.05, 0.1) is 13.2 Å². The van der Waals surface area contributed by atoms with Gasteiger partial charge in [0.15, 0.2) is 0 Å². The van der Waals surface area contributed by atoms with E-state index in [0.29, 0.717) is 19.4 Å². The molecule has 0 radical (unpaired) electrons. The van der Waals surface area contributed by atoms with Gasteiger partial charge in [-0.25, -0.2) is 4.39 Å². The van der Waals surface area contributed by atoms with Crippen molar-refractivity contribution in [1.29, 1.82) is 0 Å². The summed E-state index contributed by atoms with van der Waals surface area (Å²) in [6, 6.07) is 9.85. The van der Waals surface area contributed by atoms with E-state index in [1.54, 1.807) is 0 Å². The summed E-state index contributed by atoms with van der Waals surface area (Å²) in [4.78, 5) is 0. The first-order chi connectivity index (χ1) is 6.29. The van der Waals surface area contributed by atoms with Crippen LogP contribution in [0.4, 0.5) is 4.39 Å². The van der Waals surface area contributed by atoms with Crippen LogP contribution in [0.1, 0.15) is 18.4 Å². The first kappa shape index (κ1) is 8.70. The molecule has 2 heteroatoms. The predicted octanol–water partition coefficient (Wildman–Crippen LogP) is 2.71. The molecule has 1 nitrogen and oxygen atoms in total. The highest BCUT2D eigenvalue weighted by molar-refractivity contribution is 5.13. The molecule has 0 spiro atoms. The second-order valence-electron chi connectivity index (χ2n) is 3.63. The fourth-order valence-corrected chi connectivity index (χ4v) is 1.21. The number of ether oxygens (including phenoxy) is 1. The van der Waals surface area contributed by atoms with Crippen molar-refractivity contribution in [3.05, 3.63) is 35.9 Å². The molecule has 1 saturated carbocycles. The lowest BCUT2D eigenvalue weighted by atomic mass is 10.2. The van der Waals surface area contributed by atoms with Crippen LogP contribution in [0.15, 0.2) is 30.3 Å². The molecule has 0 saturated heterocycles. The topological polar surface area (TPSA) is 9.23 Å². The number of hydrogen-bond donors (Lipinski definition) is 0. The van der Waals surface area contributed by atoms with Crippen LogP contribution in [0.5, 0.6) is 0 Å². The Bertz CT molecular complexity index is 267. The molecule has 13 heavy (non-hydrogen) atoms. The van der Waals surface area contributed by atoms with Gasteiger partial charge in [-0.2, -0.15) is 0 Å². The van der Waals surface area contributed by atoms with Crippen molar-refractivity contribution in [3.63, 3.8) is 0 Å². The van der Waals surface area contributed by atoms with Crippen molar-refractivity contribution in [1.82, 2.24) is 0 Å². The van der Waals surface area contributed by atoms with Crippen LogP contribution < -0.4 is 0 Å². The Balaban J connectivity index is 1.74. The standard InChI is InChI=1S/C11H13FO/c12-11(6-7-11)9-13-8-10-4-2-1-3-5-10/h1-5H,6-9H2. The maximum absolute atomic E-state index is 13.1. The first-order valence-corrected chi connectivity index (χ1v) is 4.59. The maximum atomic E-state index is 13.1. The van der Waals surface area contributed by atoms with Gasteiger partial charge in [0.2, 0.25) is 0 Å². The zero-order valence-electron chi connectivity index (χ0n) is 7.50. The Morgan fingerprint density at radius 2 is 1.92 bits per heavy atom. The molecular weight excluding hydrogens is 167 g/mol. The van der Waals surface area contributed by atoms with E-state index >= 15 is 0 Å². The minimum atomic E-state index is -0.991. The quantitative estimate of drug-likeness (QED) is 0.692. The zero-order chi connectivity index (χ0) is 9.15. The lowest BCUT2D eigenvalue weighted by molar-refractivity contribution is 0.0589. The molecule has 0 N–H and O–H groups in total. The van der Waals surface area contributed by atoms with Gasteiger partial charge in [-0.15, -0.1) is 0 Å². The second-order valence-corrected chi connectivity index (χ2v) is 3.63. The summed E-state index contributed by atoms with van der Waals surface area (Å²) in [6.45, 7) is 0.772. The second kappa shape index (κ2) is 3.46. The molecule has 70 valence electrons. The molecule has 1 aliphatic carbocycles. The largest absolute Gasteiger partial charge is 0.373 e. The van der Waals surface area contributed by atoms with E-state index in [1.165, 1.54) is 0 Å². The molecule has 1 fully saturated rings. The molecule has 1 aromatic rings. The lowest BCUT2D eigenvalue weighted by Gasteiger charge is -2.06. The van der Waals surface area contributed by atoms with Crippen LogP contribution in [0, 0.1) is 0 Å². The molecule has 0 amide bonds. The normalized spacial score (nSPS) is 18.5. The summed E-state index contributed by atoms with van der Waals surface area (Å²) in [5.41, 5.74) is 0.112. The Kier molecular flexibility index (Phi) is 2.32. The van der Waals surface area contributed by atoms with Crippen LogP contribution in [0.25, 0.3) is 0 Å². The molecule has 0 aliphatic heterocycles. The summed E-state index contributed by atoms with van der Waals surface area (Å²) in [5.74, 6) is 0. The van der Waals surface area contributed by atoms with Gasteiger partial charge in [0, 0.05) is 0 Å². The van der Waals surface area contributed by atoms with E-state index in [-0.39, 0.29) is 6.61 Å². The summed E-state index contributed by atoms with van der Waals surface area (Å²) >= 11 is 0. The zero-order valence-corrected chi connectivity index (χ0v) is 7.50. The van der Waals surface area contributed by atoms with Gasteiger partial charge in [-0.1, -0.05) is 30.3 Å². The minimum Gasteiger partial charge on any atom is -0.373 e. The average molecular weight is 180 g/mol. The fourth-order valence-electron chi connectivity index (χ4n) is 1.21. The molecule has 0 atom stereocenters. The average Bonchev–Trinajstić information content (AvgIpc) is 2.86. The molecule has 0 bridgehead atoms. The Labute approximate surface area is 77.5 Å². The number of alkyl halides is 1. The molecule has 0 heterocycles. The summed E-state index contributed by atoms with van der Waals surface area (Å²) in [6.07, 6.45) is 1.34. The van der Waals surface area contributed by atoms with Crippen molar-refractivity contribution in [2.75, 3.05) is 6.61 Å². The van der Waals surface area contributed by atoms with Crippen molar-refractivity contribution in [2.24, 2.45) is 0 Å². The summed E-state index contributed by atoms with van der Waals surface area (Å²) in [5, 5.41) is 0. The molecule has 2 rings (SSSR count). The number of rotatable bonds is 4. The number of halogens is 1. The highest BCUT2D eigenvalue weighted by Crippen LogP contribution is 2.39. The number of benzene rings is 1. The van der Waals surface area contributed by atoms with Gasteiger partial charge in [-0.3, -0.25) is 0 Å². The first-order valence-electron chi connectivity index (χ1n) is 4.59. The molecule has 1 aliphatic rings. The van der Waals surface area contributed by atoms with Gasteiger partial charge < -0.3 is 4.74 Å². The molecule has 1 aromatic carbocycles. The van der Waals surface area contributed by atoms with E-state index in [4.69, 9.17) is 4.74 Å². The SMILES string of the molecule is FC1(COCc2ccccc2)CC1. The Hall–Kier alpha value is -0.890. The highest BCUT2D eigenvalue weighted by Gasteiger charge is 2.43. The van der Waals surface area contributed by atoms with Crippen molar-refractivity contribution in [3.8, 4) is 0 Å². The molecular formula is C11H13FO. The van der Waals surface area contributed by atoms with Gasteiger partial charge in [0.25, 0.3) is 0 Å². The molecule has 0 unspecified atom stereocenters. The third-order valence-electron chi connectivity index (χ3n) is 2.26. The lowest BCUT2D eigenvalue weighted by Crippen LogP contribution is -2.10. The van der Waals surface area contributed by atoms with E-state index in [0.717, 1.165) is 5.56 Å². The monoisotopic (exact) mass is 180 g/mol. The van der Waals surface area contributed by atoms with Crippen LogP contribution in [0.2, 0.25) is 0 Å². The minimum absolute atomic E-state index is 0.252. The van der Waals surface area contributed by atoms with Crippen molar-refractivity contribution < 1.29 is 9.13 Å². The van der Waals surface area contributed by atoms with E-state index < -0.39 is 5.67 Å². The van der Waals surface area contributed by atoms with Gasteiger partial charge in [-0.05, 0) is 18.4 Å². The Morgan fingerprint density at radius 1 is 1.23 bits per heavy atom. The number of hydrogen-bond acceptors (Lipinski definition) is 1. The van der Waals surface area contributed by atoms with Crippen molar-refractivity contribution >= 4 is 0 Å². The van der Waals surface area contributed by atoms with E-state index in [2.05, 4.69) is 0 Å². The third kappa shape index (κ3) is 2.52. The maximum Gasteiger partial charge on any atom is 0.134 e. The summed E-state index contributed by atoms with van der Waals surface area (Å²) < 4.78 is 18.3. The van der Waals surface area contributed by atoms with E-state index in [1.807, 2.05) is 30.3 Å². The highest BCUT2D eigenvalue weighted by atomic mass is 19.1. The summed E-state index contributed by atoms with van der Waals surface area (Å²) in [7, 11) is 0. The predicted molar refractivity (Wildman–Crippen MR) is 49.2 cm³/mol. The van der Waals surface area contributed by atoms with Gasteiger partial charge in [0.1, 0.15) is 5.67 Å². The van der Waals surface area contributed by atoms with Crippen molar-refractivity contribution in [2.45, 2.75) is 25.1 Å². The van der Waals surface area contributed by atoms with Gasteiger partial charge >= 0.3 is 0 Å². The van der Waals surface area contributed by atoms with Crippen LogP contribution >= 0.6 is 0 Å². The molecule has 0 aromatic heterocycles. The van der Waals surface area contributed by atoms with Crippen LogP contribution in [-0.2, 0) is 11.3 Å². The van der Waals surface area contributed by atoms with Crippen LogP contribution in [0.3, 0.4) is 0 Å². The fraction of sp³-hybridized carbons (Fsp3) is 0.455. The third-order valence-corrected chi connectivity index (χ3v) is 2.26.